The summed E-state index contributed by atoms with van der Waals surface area (Å²) in [4.78, 5) is 39.2. The number of rotatable bonds is 8. The van der Waals surface area contributed by atoms with Gasteiger partial charge in [-0.05, 0) is 45.3 Å². The summed E-state index contributed by atoms with van der Waals surface area (Å²) in [6, 6.07) is 9.56. The molecule has 0 bridgehead atoms. The monoisotopic (exact) mass is 444 g/mol. The molecule has 0 radical (unpaired) electrons. The van der Waals surface area contributed by atoms with Crippen molar-refractivity contribution in [2.24, 2.45) is 5.92 Å². The Hall–Kier alpha value is -2.71. The van der Waals surface area contributed by atoms with Gasteiger partial charge >= 0.3 is 11.9 Å². The number of likely N-dealkylation sites (tertiary alicyclic amines) is 1. The van der Waals surface area contributed by atoms with Gasteiger partial charge < -0.3 is 14.8 Å². The van der Waals surface area contributed by atoms with Crippen LogP contribution in [0.4, 0.5) is 5.00 Å². The molecule has 1 amide bonds. The molecule has 0 atom stereocenters. The van der Waals surface area contributed by atoms with E-state index in [2.05, 4.69) is 5.32 Å². The van der Waals surface area contributed by atoms with E-state index in [0.717, 1.165) is 11.1 Å². The molecule has 0 unspecified atom stereocenters. The van der Waals surface area contributed by atoms with Crippen LogP contribution in [0.5, 0.6) is 0 Å². The highest BCUT2D eigenvalue weighted by Gasteiger charge is 2.28. The lowest BCUT2D eigenvalue weighted by molar-refractivity contribution is -0.149. The van der Waals surface area contributed by atoms with E-state index >= 15 is 0 Å². The third kappa shape index (κ3) is 5.92. The fourth-order valence-electron chi connectivity index (χ4n) is 3.64. The molecule has 1 fully saturated rings. The Bertz CT molecular complexity index is 904. The lowest BCUT2D eigenvalue weighted by atomic mass is 9.97. The first-order chi connectivity index (χ1) is 15.0. The number of carbonyl (C=O) groups is 3. The van der Waals surface area contributed by atoms with Gasteiger partial charge in [-0.2, -0.15) is 0 Å². The molecule has 1 aliphatic heterocycles. The summed E-state index contributed by atoms with van der Waals surface area (Å²) in [5.41, 5.74) is 2.02. The summed E-state index contributed by atoms with van der Waals surface area (Å²) in [7, 11) is 0. The van der Waals surface area contributed by atoms with Gasteiger partial charge in [0.2, 0.25) is 5.91 Å². The van der Waals surface area contributed by atoms with Crippen LogP contribution >= 0.6 is 11.3 Å². The summed E-state index contributed by atoms with van der Waals surface area (Å²) < 4.78 is 10.3. The van der Waals surface area contributed by atoms with Crippen LogP contribution in [-0.2, 0) is 19.1 Å². The zero-order valence-electron chi connectivity index (χ0n) is 17.9. The van der Waals surface area contributed by atoms with Crippen molar-refractivity contribution < 1.29 is 23.9 Å². The van der Waals surface area contributed by atoms with Gasteiger partial charge in [0.1, 0.15) is 10.6 Å². The van der Waals surface area contributed by atoms with Crippen molar-refractivity contribution in [2.45, 2.75) is 26.7 Å². The van der Waals surface area contributed by atoms with Gasteiger partial charge in [-0.1, -0.05) is 30.3 Å². The number of hydrogen-bond donors (Lipinski definition) is 1. The molecule has 1 aromatic heterocycles. The maximum absolute atomic E-state index is 12.7. The minimum Gasteiger partial charge on any atom is -0.466 e. The molecule has 0 spiro atoms. The Morgan fingerprint density at radius 1 is 1.06 bits per heavy atom. The van der Waals surface area contributed by atoms with E-state index < -0.39 is 5.97 Å². The smallest absolute Gasteiger partial charge is 0.341 e. The fraction of sp³-hybridized carbons (Fsp3) is 0.435. The number of carbonyl (C=O) groups excluding carboxylic acids is 3. The average molecular weight is 445 g/mol. The first kappa shape index (κ1) is 23.0. The summed E-state index contributed by atoms with van der Waals surface area (Å²) in [6.45, 7) is 5.71. The molecule has 3 rings (SSSR count). The number of nitrogens with zero attached hydrogens (tertiary/aromatic N) is 1. The highest BCUT2D eigenvalue weighted by atomic mass is 32.1. The minimum absolute atomic E-state index is 0.0968. The summed E-state index contributed by atoms with van der Waals surface area (Å²) in [6.07, 6.45) is 1.36. The topological polar surface area (TPSA) is 84.9 Å². The molecular weight excluding hydrogens is 416 g/mol. The van der Waals surface area contributed by atoms with Crippen molar-refractivity contribution in [3.8, 4) is 11.1 Å². The quantitative estimate of drug-likeness (QED) is 0.624. The predicted molar refractivity (Wildman–Crippen MR) is 120 cm³/mol. The summed E-state index contributed by atoms with van der Waals surface area (Å²) >= 11 is 1.31. The number of piperidine rings is 1. The van der Waals surface area contributed by atoms with E-state index in [1.165, 1.54) is 11.3 Å². The van der Waals surface area contributed by atoms with E-state index in [0.29, 0.717) is 43.1 Å². The number of esters is 2. The summed E-state index contributed by atoms with van der Waals surface area (Å²) in [5.74, 6) is -0.895. The number of benzene rings is 1. The number of amides is 1. The molecule has 166 valence electrons. The van der Waals surface area contributed by atoms with Crippen LogP contribution in [0.25, 0.3) is 11.1 Å². The fourth-order valence-corrected chi connectivity index (χ4v) is 4.62. The number of nitrogens with one attached hydrogen (secondary N) is 1. The molecule has 1 N–H and O–H groups in total. The second kappa shape index (κ2) is 11.1. The zero-order chi connectivity index (χ0) is 22.2. The van der Waals surface area contributed by atoms with Gasteiger partial charge in [0.05, 0.1) is 25.7 Å². The molecule has 7 nitrogen and oxygen atoms in total. The Labute approximate surface area is 186 Å². The van der Waals surface area contributed by atoms with Crippen molar-refractivity contribution in [3.05, 3.63) is 41.3 Å². The Kier molecular flexibility index (Phi) is 8.20. The van der Waals surface area contributed by atoms with Crippen molar-refractivity contribution in [1.29, 1.82) is 0 Å². The second-order valence-corrected chi connectivity index (χ2v) is 8.17. The van der Waals surface area contributed by atoms with E-state index in [1.807, 2.05) is 40.6 Å². The Balaban J connectivity index is 1.66. The van der Waals surface area contributed by atoms with Gasteiger partial charge in [-0.25, -0.2) is 4.79 Å². The first-order valence-corrected chi connectivity index (χ1v) is 11.4. The van der Waals surface area contributed by atoms with Gasteiger partial charge in [-0.3, -0.25) is 14.5 Å². The lowest BCUT2D eigenvalue weighted by Gasteiger charge is -2.30. The molecule has 2 heterocycles. The van der Waals surface area contributed by atoms with Gasteiger partial charge in [0, 0.05) is 10.9 Å². The highest BCUT2D eigenvalue weighted by molar-refractivity contribution is 7.15. The van der Waals surface area contributed by atoms with Crippen LogP contribution < -0.4 is 5.32 Å². The second-order valence-electron chi connectivity index (χ2n) is 7.29. The molecule has 0 saturated carbocycles. The zero-order valence-corrected chi connectivity index (χ0v) is 18.7. The number of hydrogen-bond acceptors (Lipinski definition) is 7. The van der Waals surface area contributed by atoms with E-state index in [1.54, 1.807) is 13.8 Å². The third-order valence-corrected chi connectivity index (χ3v) is 6.08. The van der Waals surface area contributed by atoms with Crippen LogP contribution in [0.15, 0.2) is 35.7 Å². The lowest BCUT2D eigenvalue weighted by Crippen LogP contribution is -2.41. The van der Waals surface area contributed by atoms with E-state index in [-0.39, 0.29) is 30.9 Å². The standard InChI is InChI=1S/C23H28N2O5S/c1-3-29-22(27)17-10-12-25(13-11-17)14-19(26)24-21-20(23(28)30-4-2)18(15-31-21)16-8-6-5-7-9-16/h5-9,15,17H,3-4,10-14H2,1-2H3,(H,24,26). The molecule has 0 aliphatic carbocycles. The highest BCUT2D eigenvalue weighted by Crippen LogP contribution is 2.36. The number of ether oxygens (including phenoxy) is 2. The van der Waals surface area contributed by atoms with Crippen molar-refractivity contribution in [3.63, 3.8) is 0 Å². The third-order valence-electron chi connectivity index (χ3n) is 5.18. The predicted octanol–water partition coefficient (Wildman–Crippen LogP) is 3.81. The largest absolute Gasteiger partial charge is 0.466 e. The van der Waals surface area contributed by atoms with Crippen molar-refractivity contribution in [2.75, 3.05) is 38.2 Å². The molecule has 8 heteroatoms. The van der Waals surface area contributed by atoms with Gasteiger partial charge in [0.15, 0.2) is 0 Å². The van der Waals surface area contributed by atoms with Crippen molar-refractivity contribution in [1.82, 2.24) is 4.90 Å². The van der Waals surface area contributed by atoms with Crippen LogP contribution in [0.3, 0.4) is 0 Å². The van der Waals surface area contributed by atoms with Crippen LogP contribution in [0.1, 0.15) is 37.0 Å². The minimum atomic E-state index is -0.451. The van der Waals surface area contributed by atoms with Crippen LogP contribution in [-0.4, -0.2) is 55.6 Å². The Morgan fingerprint density at radius 3 is 2.39 bits per heavy atom. The number of thiophene rings is 1. The summed E-state index contributed by atoms with van der Waals surface area (Å²) in [5, 5.41) is 5.24. The maximum atomic E-state index is 12.7. The normalized spacial score (nSPS) is 14.8. The Morgan fingerprint density at radius 2 is 1.74 bits per heavy atom. The van der Waals surface area contributed by atoms with E-state index in [4.69, 9.17) is 9.47 Å². The molecule has 31 heavy (non-hydrogen) atoms. The van der Waals surface area contributed by atoms with Crippen LogP contribution in [0, 0.1) is 5.92 Å². The average Bonchev–Trinajstić information content (AvgIpc) is 3.18. The molecule has 1 aliphatic rings. The molecular formula is C23H28N2O5S. The SMILES string of the molecule is CCOC(=O)c1c(-c2ccccc2)csc1NC(=O)CN1CCC(C(=O)OCC)CC1. The van der Waals surface area contributed by atoms with Gasteiger partial charge in [-0.15, -0.1) is 11.3 Å². The number of anilines is 1. The van der Waals surface area contributed by atoms with E-state index in [9.17, 15) is 14.4 Å². The first-order valence-electron chi connectivity index (χ1n) is 10.6. The molecule has 2 aromatic rings. The molecule has 1 saturated heterocycles. The van der Waals surface area contributed by atoms with Crippen molar-refractivity contribution >= 4 is 34.2 Å². The van der Waals surface area contributed by atoms with Gasteiger partial charge in [0.25, 0.3) is 0 Å². The maximum Gasteiger partial charge on any atom is 0.341 e. The molecule has 1 aromatic carbocycles. The van der Waals surface area contributed by atoms with Crippen LogP contribution in [0.2, 0.25) is 0 Å².